The minimum Gasteiger partial charge on any atom is -0.322 e. The average molecular weight is 366 g/mol. The number of imide groups is 1. The number of carbonyl (C=O) groups is 3. The van der Waals surface area contributed by atoms with Crippen molar-refractivity contribution >= 4 is 29.6 Å². The van der Waals surface area contributed by atoms with Gasteiger partial charge in [0, 0.05) is 30.3 Å². The van der Waals surface area contributed by atoms with Gasteiger partial charge in [-0.15, -0.1) is 0 Å². The summed E-state index contributed by atoms with van der Waals surface area (Å²) >= 11 is 0. The zero-order valence-electron chi connectivity index (χ0n) is 15.4. The number of rotatable bonds is 2. The van der Waals surface area contributed by atoms with Gasteiger partial charge in [-0.3, -0.25) is 24.7 Å². The Morgan fingerprint density at radius 1 is 1.30 bits per heavy atom. The van der Waals surface area contributed by atoms with Gasteiger partial charge in [0.1, 0.15) is 6.04 Å². The van der Waals surface area contributed by atoms with E-state index in [1.807, 2.05) is 32.1 Å². The molecule has 0 radical (unpaired) electrons. The highest BCUT2D eigenvalue weighted by molar-refractivity contribution is 6.05. The van der Waals surface area contributed by atoms with Crippen LogP contribution in [0.5, 0.6) is 0 Å². The van der Waals surface area contributed by atoms with Gasteiger partial charge in [0.15, 0.2) is 0 Å². The van der Waals surface area contributed by atoms with Crippen LogP contribution in [0.4, 0.5) is 0 Å². The smallest absolute Gasteiger partial charge is 0.255 e. The van der Waals surface area contributed by atoms with Gasteiger partial charge in [-0.2, -0.15) is 0 Å². The summed E-state index contributed by atoms with van der Waals surface area (Å²) in [7, 11) is 0. The van der Waals surface area contributed by atoms with E-state index >= 15 is 0 Å². The highest BCUT2D eigenvalue weighted by Crippen LogP contribution is 2.32. The lowest BCUT2D eigenvalue weighted by Crippen LogP contribution is -2.52. The van der Waals surface area contributed by atoms with Crippen LogP contribution in [-0.4, -0.2) is 40.4 Å². The summed E-state index contributed by atoms with van der Waals surface area (Å²) < 4.78 is 0. The first kappa shape index (κ1) is 17.6. The van der Waals surface area contributed by atoms with E-state index < -0.39 is 17.5 Å². The van der Waals surface area contributed by atoms with Gasteiger partial charge in [0.05, 0.1) is 11.2 Å². The SMILES string of the molecule is CC1C=C(c2ccc3c(c2)CN(C2CCC(=O)NC2=O)C3=O)N=CC1(C)N. The van der Waals surface area contributed by atoms with Crippen molar-refractivity contribution in [3.63, 3.8) is 0 Å². The molecule has 3 atom stereocenters. The normalized spacial score (nSPS) is 30.3. The fourth-order valence-corrected chi connectivity index (χ4v) is 3.69. The highest BCUT2D eigenvalue weighted by Gasteiger charge is 2.39. The van der Waals surface area contributed by atoms with Crippen LogP contribution in [0, 0.1) is 5.92 Å². The lowest BCUT2D eigenvalue weighted by molar-refractivity contribution is -0.136. The Balaban J connectivity index is 1.59. The number of nitrogens with one attached hydrogen (secondary N) is 1. The monoisotopic (exact) mass is 366 g/mol. The molecule has 1 aromatic carbocycles. The molecule has 7 heteroatoms. The standard InChI is InChI=1S/C20H22N4O3/c1-11-7-15(22-10-20(11,2)21)12-3-4-14-13(8-12)9-24(19(14)27)16-5-6-17(25)23-18(16)26/h3-4,7-8,10-11,16H,5-6,9,21H2,1-2H3,(H,23,25,26). The number of carbonyl (C=O) groups excluding carboxylic acids is 3. The number of amides is 3. The number of nitrogens with two attached hydrogens (primary N) is 1. The van der Waals surface area contributed by atoms with Gasteiger partial charge in [-0.25, -0.2) is 0 Å². The molecule has 1 aromatic rings. The molecule has 3 amide bonds. The molecule has 0 aromatic heterocycles. The number of aliphatic imine (C=N–C) groups is 1. The van der Waals surface area contributed by atoms with Gasteiger partial charge in [0.2, 0.25) is 11.8 Å². The van der Waals surface area contributed by atoms with Crippen LogP contribution in [-0.2, 0) is 16.1 Å². The summed E-state index contributed by atoms with van der Waals surface area (Å²) in [6.07, 6.45) is 4.41. The maximum atomic E-state index is 12.7. The van der Waals surface area contributed by atoms with E-state index in [1.165, 1.54) is 0 Å². The van der Waals surface area contributed by atoms with Crippen LogP contribution in [0.25, 0.3) is 5.70 Å². The second-order valence-corrected chi connectivity index (χ2v) is 7.74. The Morgan fingerprint density at radius 2 is 2.07 bits per heavy atom. The van der Waals surface area contributed by atoms with Crippen molar-refractivity contribution in [1.29, 1.82) is 0 Å². The zero-order valence-corrected chi connectivity index (χ0v) is 15.4. The predicted octanol–water partition coefficient (Wildman–Crippen LogP) is 1.23. The van der Waals surface area contributed by atoms with Crippen LogP contribution >= 0.6 is 0 Å². The van der Waals surface area contributed by atoms with E-state index in [-0.39, 0.29) is 24.2 Å². The molecule has 140 valence electrons. The van der Waals surface area contributed by atoms with Crippen molar-refractivity contribution in [2.45, 2.75) is 44.8 Å². The molecule has 3 N–H and O–H groups in total. The van der Waals surface area contributed by atoms with E-state index in [9.17, 15) is 14.4 Å². The maximum absolute atomic E-state index is 12.7. The molecule has 0 spiro atoms. The van der Waals surface area contributed by atoms with E-state index in [0.717, 1.165) is 16.8 Å². The summed E-state index contributed by atoms with van der Waals surface area (Å²) in [6, 6.07) is 5.01. The molecule has 1 fully saturated rings. The third-order valence-electron chi connectivity index (χ3n) is 5.69. The molecule has 7 nitrogen and oxygen atoms in total. The van der Waals surface area contributed by atoms with Crippen LogP contribution in [0.3, 0.4) is 0 Å². The van der Waals surface area contributed by atoms with Crippen molar-refractivity contribution in [1.82, 2.24) is 10.2 Å². The molecule has 4 rings (SSSR count). The Labute approximate surface area is 157 Å². The van der Waals surface area contributed by atoms with Crippen molar-refractivity contribution < 1.29 is 14.4 Å². The number of nitrogens with zero attached hydrogens (tertiary/aromatic N) is 2. The maximum Gasteiger partial charge on any atom is 0.255 e. The Morgan fingerprint density at radius 3 is 2.78 bits per heavy atom. The number of hydrogen-bond donors (Lipinski definition) is 2. The predicted molar refractivity (Wildman–Crippen MR) is 101 cm³/mol. The molecule has 0 bridgehead atoms. The Kier molecular flexibility index (Phi) is 3.99. The van der Waals surface area contributed by atoms with E-state index in [2.05, 4.69) is 10.3 Å². The Hall–Kier alpha value is -2.80. The lowest BCUT2D eigenvalue weighted by Gasteiger charge is -2.29. The van der Waals surface area contributed by atoms with Crippen molar-refractivity contribution in [2.24, 2.45) is 16.6 Å². The zero-order chi connectivity index (χ0) is 19.3. The summed E-state index contributed by atoms with van der Waals surface area (Å²) in [5.41, 5.74) is 8.93. The van der Waals surface area contributed by atoms with Gasteiger partial charge < -0.3 is 10.6 Å². The van der Waals surface area contributed by atoms with Crippen molar-refractivity contribution in [3.05, 3.63) is 41.0 Å². The summed E-state index contributed by atoms with van der Waals surface area (Å²) in [5, 5.41) is 2.32. The van der Waals surface area contributed by atoms with Crippen LogP contribution in [0.2, 0.25) is 0 Å². The largest absolute Gasteiger partial charge is 0.322 e. The minimum atomic E-state index is -0.601. The molecular formula is C20H22N4O3. The van der Waals surface area contributed by atoms with Gasteiger partial charge in [-0.1, -0.05) is 19.1 Å². The third kappa shape index (κ3) is 2.98. The molecule has 0 saturated carbocycles. The molecule has 3 aliphatic heterocycles. The summed E-state index contributed by atoms with van der Waals surface area (Å²) in [5.74, 6) is -0.718. The highest BCUT2D eigenvalue weighted by atomic mass is 16.2. The van der Waals surface area contributed by atoms with Crippen LogP contribution < -0.4 is 11.1 Å². The fraction of sp³-hybridized carbons (Fsp3) is 0.400. The number of fused-ring (bicyclic) bond motifs is 1. The molecule has 3 aliphatic rings. The summed E-state index contributed by atoms with van der Waals surface area (Å²) in [4.78, 5) is 42.3. The second-order valence-electron chi connectivity index (χ2n) is 7.74. The van der Waals surface area contributed by atoms with E-state index in [4.69, 9.17) is 5.73 Å². The van der Waals surface area contributed by atoms with Crippen LogP contribution in [0.15, 0.2) is 29.3 Å². The molecule has 3 heterocycles. The fourth-order valence-electron chi connectivity index (χ4n) is 3.69. The van der Waals surface area contributed by atoms with Crippen molar-refractivity contribution in [2.75, 3.05) is 0 Å². The number of piperidine rings is 1. The lowest BCUT2D eigenvalue weighted by atomic mass is 9.85. The molecule has 0 aliphatic carbocycles. The quantitative estimate of drug-likeness (QED) is 0.768. The van der Waals surface area contributed by atoms with E-state index in [1.54, 1.807) is 17.2 Å². The third-order valence-corrected chi connectivity index (χ3v) is 5.69. The minimum absolute atomic E-state index is 0.139. The first-order valence-corrected chi connectivity index (χ1v) is 9.10. The molecule has 27 heavy (non-hydrogen) atoms. The first-order chi connectivity index (χ1) is 12.8. The average Bonchev–Trinajstić information content (AvgIpc) is 2.93. The van der Waals surface area contributed by atoms with Gasteiger partial charge in [0.25, 0.3) is 5.91 Å². The first-order valence-electron chi connectivity index (χ1n) is 9.10. The molecular weight excluding hydrogens is 344 g/mol. The topological polar surface area (TPSA) is 105 Å². The van der Waals surface area contributed by atoms with Crippen molar-refractivity contribution in [3.8, 4) is 0 Å². The molecule has 1 saturated heterocycles. The van der Waals surface area contributed by atoms with Crippen LogP contribution in [0.1, 0.15) is 48.2 Å². The van der Waals surface area contributed by atoms with E-state index in [0.29, 0.717) is 18.5 Å². The van der Waals surface area contributed by atoms with Gasteiger partial charge in [-0.05, 0) is 37.0 Å². The number of benzene rings is 1. The Bertz CT molecular complexity index is 916. The molecule has 3 unspecified atom stereocenters. The van der Waals surface area contributed by atoms with Gasteiger partial charge >= 0.3 is 0 Å². The number of hydrogen-bond acceptors (Lipinski definition) is 5. The summed E-state index contributed by atoms with van der Waals surface area (Å²) in [6.45, 7) is 4.34. The second kappa shape index (κ2) is 6.13.